The van der Waals surface area contributed by atoms with Crippen LogP contribution in [0.3, 0.4) is 0 Å². The first-order valence-electron chi connectivity index (χ1n) is 1.82. The summed E-state index contributed by atoms with van der Waals surface area (Å²) in [6, 6.07) is 0. The molecule has 0 atom stereocenters. The molecule has 5 heteroatoms. The second-order valence-electron chi connectivity index (χ2n) is 0.865. The summed E-state index contributed by atoms with van der Waals surface area (Å²) in [5, 5.41) is 0. The van der Waals surface area contributed by atoms with Crippen LogP contribution in [-0.4, -0.2) is 19.4 Å². The Morgan fingerprint density at radius 2 is 2.38 bits per heavy atom. The van der Waals surface area contributed by atoms with Gasteiger partial charge >= 0.3 is 6.16 Å². The van der Waals surface area contributed by atoms with Gasteiger partial charge in [-0.2, -0.15) is 0 Å². The average molecular weight is 143 g/mol. The first kappa shape index (κ1) is 7.49. The third kappa shape index (κ3) is 3.67. The van der Waals surface area contributed by atoms with Gasteiger partial charge in [-0.05, 0) is 0 Å². The minimum Gasteiger partial charge on any atom is -0.430 e. The topological polar surface area (TPSA) is 35.5 Å². The number of hydrogen-bond acceptors (Lipinski definition) is 3. The van der Waals surface area contributed by atoms with Gasteiger partial charge in [-0.15, -0.1) is 0 Å². The van der Waals surface area contributed by atoms with Crippen LogP contribution in [0.4, 0.5) is 9.18 Å². The van der Waals surface area contributed by atoms with Crippen molar-refractivity contribution >= 4 is 18.0 Å². The highest BCUT2D eigenvalue weighted by molar-refractivity contribution is 6.12. The van der Waals surface area contributed by atoms with Crippen molar-refractivity contribution in [2.24, 2.45) is 0 Å². The molecule has 0 aromatic heterocycles. The quantitative estimate of drug-likeness (QED) is 0.545. The predicted molar refractivity (Wildman–Crippen MR) is 24.3 cm³/mol. The lowest BCUT2D eigenvalue weighted by atomic mass is 10.8. The van der Waals surface area contributed by atoms with Gasteiger partial charge in [0.05, 0.1) is 0 Å². The Morgan fingerprint density at radius 3 is 2.75 bits per heavy atom. The number of ether oxygens (including phenoxy) is 1. The smallest absolute Gasteiger partial charge is 0.430 e. The summed E-state index contributed by atoms with van der Waals surface area (Å²) in [4.78, 5) is 9.83. The maximum Gasteiger partial charge on any atom is 0.527 e. The van der Waals surface area contributed by atoms with Crippen molar-refractivity contribution < 1.29 is 18.2 Å². The van der Waals surface area contributed by atoms with E-state index in [-0.39, 0.29) is 6.61 Å². The molecule has 0 fully saturated rings. The van der Waals surface area contributed by atoms with E-state index in [1.54, 1.807) is 0 Å². The molecule has 0 saturated carbocycles. The number of carbonyl (C=O) groups excluding carboxylic acids is 1. The molecule has 0 aliphatic heterocycles. The number of alkyl halides is 1. The van der Waals surface area contributed by atoms with Gasteiger partial charge in [-0.25, -0.2) is 9.18 Å². The molecule has 0 bridgehead atoms. The monoisotopic (exact) mass is 142 g/mol. The molecule has 0 aromatic carbocycles. The molecule has 0 spiro atoms. The van der Waals surface area contributed by atoms with Crippen molar-refractivity contribution in [1.82, 2.24) is 0 Å². The van der Waals surface area contributed by atoms with Crippen LogP contribution in [0.1, 0.15) is 0 Å². The van der Waals surface area contributed by atoms with Crippen LogP contribution >= 0.6 is 11.9 Å². The maximum atomic E-state index is 11.1. The van der Waals surface area contributed by atoms with E-state index < -0.39 is 12.8 Å². The fourth-order valence-electron chi connectivity index (χ4n) is 0.144. The minimum absolute atomic E-state index is 0.314. The highest BCUT2D eigenvalue weighted by atomic mass is 35.5. The van der Waals surface area contributed by atoms with E-state index in [9.17, 15) is 9.18 Å². The molecule has 0 unspecified atom stereocenters. The summed E-state index contributed by atoms with van der Waals surface area (Å²) in [6.07, 6.45) is -1.08. The summed E-state index contributed by atoms with van der Waals surface area (Å²) in [5.74, 6) is 0. The van der Waals surface area contributed by atoms with Crippen LogP contribution in [0.2, 0.25) is 0 Å². The Balaban J connectivity index is 2.99. The van der Waals surface area contributed by atoms with Crippen molar-refractivity contribution in [2.75, 3.05) is 13.3 Å². The number of hydrogen-bond donors (Lipinski definition) is 0. The first-order chi connectivity index (χ1) is 3.81. The molecule has 0 aliphatic rings. The van der Waals surface area contributed by atoms with E-state index in [4.69, 9.17) is 0 Å². The number of halogens is 2. The van der Waals surface area contributed by atoms with E-state index >= 15 is 0 Å². The molecule has 0 amide bonds. The molecule has 0 aromatic rings. The van der Waals surface area contributed by atoms with Crippen molar-refractivity contribution in [3.8, 4) is 0 Å². The molecule has 48 valence electrons. The molecule has 0 N–H and O–H groups in total. The standard InChI is InChI=1S/C3H4ClFO3/c4-8-3(6)7-2-1-5/h1-2H2. The normalized spacial score (nSPS) is 8.25. The number of rotatable bonds is 2. The van der Waals surface area contributed by atoms with E-state index in [0.29, 0.717) is 0 Å². The molecular weight excluding hydrogens is 138 g/mol. The third-order valence-electron chi connectivity index (χ3n) is 0.360. The SMILES string of the molecule is O=C(OCl)OCCF. The van der Waals surface area contributed by atoms with Crippen molar-refractivity contribution in [1.29, 1.82) is 0 Å². The first-order valence-corrected chi connectivity index (χ1v) is 2.13. The fourth-order valence-corrected chi connectivity index (χ4v) is 0.189. The molecule has 0 saturated heterocycles. The summed E-state index contributed by atoms with van der Waals surface area (Å²) >= 11 is 4.49. The highest BCUT2D eigenvalue weighted by Gasteiger charge is 1.98. The number of carbonyl (C=O) groups is 1. The van der Waals surface area contributed by atoms with Gasteiger partial charge in [0.25, 0.3) is 0 Å². The third-order valence-corrected chi connectivity index (χ3v) is 0.486. The zero-order chi connectivity index (χ0) is 6.41. The fraction of sp³-hybridized carbons (Fsp3) is 0.667. The Bertz CT molecular complexity index is 76.9. The van der Waals surface area contributed by atoms with Gasteiger partial charge in [0.1, 0.15) is 25.1 Å². The molecule has 8 heavy (non-hydrogen) atoms. The van der Waals surface area contributed by atoms with Gasteiger partial charge in [-0.3, -0.25) is 0 Å². The molecule has 3 nitrogen and oxygen atoms in total. The zero-order valence-electron chi connectivity index (χ0n) is 3.89. The summed E-state index contributed by atoms with van der Waals surface area (Å²) in [7, 11) is 0. The van der Waals surface area contributed by atoms with Gasteiger partial charge in [0, 0.05) is 0 Å². The van der Waals surface area contributed by atoms with Gasteiger partial charge in [-0.1, -0.05) is 0 Å². The summed E-state index contributed by atoms with van der Waals surface area (Å²) < 4.78 is 18.6. The Morgan fingerprint density at radius 1 is 1.75 bits per heavy atom. The van der Waals surface area contributed by atoms with Crippen LogP contribution in [0.25, 0.3) is 0 Å². The molecular formula is C3H4ClFO3. The van der Waals surface area contributed by atoms with Crippen LogP contribution in [0.15, 0.2) is 0 Å². The average Bonchev–Trinajstić information content (AvgIpc) is 1.83. The molecule has 0 heterocycles. The largest absolute Gasteiger partial charge is 0.527 e. The summed E-state index contributed by atoms with van der Waals surface area (Å²) in [5.41, 5.74) is 0. The van der Waals surface area contributed by atoms with Crippen LogP contribution in [0, 0.1) is 0 Å². The predicted octanol–water partition coefficient (Wildman–Crippen LogP) is 1.26. The zero-order valence-corrected chi connectivity index (χ0v) is 4.65. The molecule has 0 radical (unpaired) electrons. The van der Waals surface area contributed by atoms with Crippen LogP contribution in [0.5, 0.6) is 0 Å². The minimum atomic E-state index is -1.08. The van der Waals surface area contributed by atoms with Crippen LogP contribution < -0.4 is 0 Å². The van der Waals surface area contributed by atoms with Gasteiger partial charge in [0.15, 0.2) is 0 Å². The maximum absolute atomic E-state index is 11.1. The second kappa shape index (κ2) is 4.64. The molecule has 0 aliphatic carbocycles. The second-order valence-corrected chi connectivity index (χ2v) is 1.02. The van der Waals surface area contributed by atoms with E-state index in [1.807, 2.05) is 0 Å². The lowest BCUT2D eigenvalue weighted by Crippen LogP contribution is -2.03. The highest BCUT2D eigenvalue weighted by Crippen LogP contribution is 1.87. The van der Waals surface area contributed by atoms with Crippen molar-refractivity contribution in [2.45, 2.75) is 0 Å². The van der Waals surface area contributed by atoms with E-state index in [2.05, 4.69) is 20.9 Å². The Labute approximate surface area is 50.5 Å². The van der Waals surface area contributed by atoms with E-state index in [0.717, 1.165) is 0 Å². The lowest BCUT2D eigenvalue weighted by Gasteiger charge is -1.93. The van der Waals surface area contributed by atoms with Crippen molar-refractivity contribution in [3.05, 3.63) is 0 Å². The van der Waals surface area contributed by atoms with Gasteiger partial charge < -0.3 is 9.03 Å². The van der Waals surface area contributed by atoms with E-state index in [1.165, 1.54) is 0 Å². The van der Waals surface area contributed by atoms with Gasteiger partial charge in [0.2, 0.25) is 0 Å². The Kier molecular flexibility index (Phi) is 4.35. The summed E-state index contributed by atoms with van der Waals surface area (Å²) in [6.45, 7) is -1.04. The van der Waals surface area contributed by atoms with Crippen LogP contribution in [-0.2, 0) is 9.03 Å². The lowest BCUT2D eigenvalue weighted by molar-refractivity contribution is 0.0964. The Hall–Kier alpha value is -0.510. The molecule has 0 rings (SSSR count). The van der Waals surface area contributed by atoms with Crippen molar-refractivity contribution in [3.63, 3.8) is 0 Å².